The van der Waals surface area contributed by atoms with E-state index in [2.05, 4.69) is 0 Å². The van der Waals surface area contributed by atoms with Crippen molar-refractivity contribution >= 4 is 34.9 Å². The maximum atomic E-state index is 11.9. The molecule has 1 N–H and O–H groups in total. The molecule has 100 valence electrons. The highest BCUT2D eigenvalue weighted by atomic mass is 35.5. The Balaban J connectivity index is 2.31. The van der Waals surface area contributed by atoms with Crippen LogP contribution in [0.3, 0.4) is 0 Å². The molecule has 0 aliphatic carbocycles. The number of carboxylic acids is 1. The van der Waals surface area contributed by atoms with Crippen LogP contribution in [0.5, 0.6) is 0 Å². The number of anilines is 1. The quantitative estimate of drug-likeness (QED) is 0.857. The molecule has 1 aromatic carbocycles. The molecule has 6 heteroatoms. The summed E-state index contributed by atoms with van der Waals surface area (Å²) in [6.07, 6.45) is 0.260. The number of hydrogen-bond donors (Lipinski definition) is 1. The van der Waals surface area contributed by atoms with Crippen molar-refractivity contribution in [1.29, 1.82) is 0 Å². The van der Waals surface area contributed by atoms with Crippen LogP contribution in [-0.4, -0.2) is 29.3 Å². The van der Waals surface area contributed by atoms with Crippen molar-refractivity contribution in [1.82, 2.24) is 0 Å². The summed E-state index contributed by atoms with van der Waals surface area (Å²) in [5, 5.41) is 9.01. The molecule has 0 unspecified atom stereocenters. The van der Waals surface area contributed by atoms with E-state index in [1.807, 2.05) is 0 Å². The number of carbonyl (C=O) groups excluding carboxylic acids is 2. The molecule has 1 aliphatic heterocycles. The predicted molar refractivity (Wildman–Crippen MR) is 69.7 cm³/mol. The number of rotatable bonds is 4. The fourth-order valence-electron chi connectivity index (χ4n) is 2.21. The van der Waals surface area contributed by atoms with E-state index in [0.29, 0.717) is 22.7 Å². The summed E-state index contributed by atoms with van der Waals surface area (Å²) in [4.78, 5) is 35.6. The summed E-state index contributed by atoms with van der Waals surface area (Å²) < 4.78 is 0. The topological polar surface area (TPSA) is 74.7 Å². The van der Waals surface area contributed by atoms with Gasteiger partial charge in [-0.2, -0.15) is 0 Å². The molecule has 0 aromatic heterocycles. The lowest BCUT2D eigenvalue weighted by atomic mass is 10.1. The first kappa shape index (κ1) is 13.5. The average Bonchev–Trinajstić information content (AvgIpc) is 2.54. The van der Waals surface area contributed by atoms with E-state index in [9.17, 15) is 14.4 Å². The molecule has 2 rings (SSSR count). The Morgan fingerprint density at radius 2 is 2.05 bits per heavy atom. The molecule has 1 heterocycles. The molecular weight excluding hydrogens is 270 g/mol. The monoisotopic (exact) mass is 281 g/mol. The van der Waals surface area contributed by atoms with E-state index in [1.54, 1.807) is 13.0 Å². The Morgan fingerprint density at radius 1 is 1.37 bits per heavy atom. The SMILES string of the molecule is Cc1cc(Cl)cc2c1N(CCCC(=O)O)C(=O)C2=O. The van der Waals surface area contributed by atoms with E-state index in [1.165, 1.54) is 11.0 Å². The van der Waals surface area contributed by atoms with Crippen LogP contribution in [0.25, 0.3) is 0 Å². The smallest absolute Gasteiger partial charge is 0.303 e. The second kappa shape index (κ2) is 5.01. The van der Waals surface area contributed by atoms with Gasteiger partial charge in [-0.05, 0) is 31.0 Å². The highest BCUT2D eigenvalue weighted by Gasteiger charge is 2.36. The second-order valence-corrected chi connectivity index (χ2v) is 4.84. The van der Waals surface area contributed by atoms with E-state index in [-0.39, 0.29) is 13.0 Å². The van der Waals surface area contributed by atoms with Gasteiger partial charge in [-0.25, -0.2) is 0 Å². The van der Waals surface area contributed by atoms with Gasteiger partial charge in [-0.15, -0.1) is 0 Å². The summed E-state index contributed by atoms with van der Waals surface area (Å²) >= 11 is 5.88. The molecule has 0 radical (unpaired) electrons. The van der Waals surface area contributed by atoms with Gasteiger partial charge in [0.2, 0.25) is 0 Å². The first-order valence-corrected chi connectivity index (χ1v) is 6.17. The molecule has 0 bridgehead atoms. The lowest BCUT2D eigenvalue weighted by Gasteiger charge is -2.18. The van der Waals surface area contributed by atoms with Crippen LogP contribution >= 0.6 is 11.6 Å². The van der Waals surface area contributed by atoms with Crippen molar-refractivity contribution in [3.8, 4) is 0 Å². The van der Waals surface area contributed by atoms with E-state index in [4.69, 9.17) is 16.7 Å². The largest absolute Gasteiger partial charge is 0.481 e. The van der Waals surface area contributed by atoms with E-state index in [0.717, 1.165) is 5.56 Å². The van der Waals surface area contributed by atoms with Gasteiger partial charge in [0.1, 0.15) is 0 Å². The van der Waals surface area contributed by atoms with Crippen molar-refractivity contribution in [2.24, 2.45) is 0 Å². The number of ketones is 1. The third kappa shape index (κ3) is 2.46. The fourth-order valence-corrected chi connectivity index (χ4v) is 2.48. The summed E-state index contributed by atoms with van der Waals surface area (Å²) in [5.74, 6) is -2.13. The van der Waals surface area contributed by atoms with Crippen LogP contribution in [0.4, 0.5) is 5.69 Å². The molecular formula is C13H12ClNO4. The zero-order chi connectivity index (χ0) is 14.2. The summed E-state index contributed by atoms with van der Waals surface area (Å²) in [6.45, 7) is 1.98. The zero-order valence-corrected chi connectivity index (χ0v) is 11.0. The first-order valence-electron chi connectivity index (χ1n) is 5.80. The summed E-state index contributed by atoms with van der Waals surface area (Å²) in [7, 11) is 0. The number of hydrogen-bond acceptors (Lipinski definition) is 3. The minimum absolute atomic E-state index is 0.0417. The van der Waals surface area contributed by atoms with Gasteiger partial charge >= 0.3 is 5.97 Å². The minimum atomic E-state index is -0.925. The standard InChI is InChI=1S/C13H12ClNO4/c1-7-5-8(14)6-9-11(7)15(13(19)12(9)18)4-2-3-10(16)17/h5-6H,2-4H2,1H3,(H,16,17). The number of carboxylic acid groups (broad SMARTS) is 1. The number of nitrogens with zero attached hydrogens (tertiary/aromatic N) is 1. The van der Waals surface area contributed by atoms with Crippen LogP contribution in [0.2, 0.25) is 5.02 Å². The van der Waals surface area contributed by atoms with Gasteiger partial charge in [0.25, 0.3) is 11.7 Å². The van der Waals surface area contributed by atoms with Crippen molar-refractivity contribution in [2.75, 3.05) is 11.4 Å². The molecule has 1 aliphatic rings. The van der Waals surface area contributed by atoms with Crippen molar-refractivity contribution < 1.29 is 19.5 Å². The highest BCUT2D eigenvalue weighted by Crippen LogP contribution is 2.34. The second-order valence-electron chi connectivity index (χ2n) is 4.40. The molecule has 0 atom stereocenters. The van der Waals surface area contributed by atoms with Gasteiger partial charge in [-0.3, -0.25) is 14.4 Å². The maximum Gasteiger partial charge on any atom is 0.303 e. The molecule has 19 heavy (non-hydrogen) atoms. The van der Waals surface area contributed by atoms with Gasteiger partial charge in [0.15, 0.2) is 0 Å². The number of carbonyl (C=O) groups is 3. The van der Waals surface area contributed by atoms with E-state index < -0.39 is 17.7 Å². The van der Waals surface area contributed by atoms with E-state index >= 15 is 0 Å². The number of benzene rings is 1. The molecule has 5 nitrogen and oxygen atoms in total. The van der Waals surface area contributed by atoms with Gasteiger partial charge < -0.3 is 10.0 Å². The van der Waals surface area contributed by atoms with Crippen LogP contribution in [-0.2, 0) is 9.59 Å². The van der Waals surface area contributed by atoms with Crippen molar-refractivity contribution in [3.05, 3.63) is 28.3 Å². The third-order valence-electron chi connectivity index (χ3n) is 2.99. The number of Topliss-reactive ketones (excluding diaryl/α,β-unsaturated/α-hetero) is 1. The molecule has 0 spiro atoms. The Hall–Kier alpha value is -1.88. The number of aryl methyl sites for hydroxylation is 1. The van der Waals surface area contributed by atoms with Gasteiger partial charge in [0, 0.05) is 18.0 Å². The van der Waals surface area contributed by atoms with Crippen LogP contribution < -0.4 is 4.90 Å². The normalized spacial score (nSPS) is 13.9. The minimum Gasteiger partial charge on any atom is -0.481 e. The predicted octanol–water partition coefficient (Wildman–Crippen LogP) is 2.04. The molecule has 1 aromatic rings. The van der Waals surface area contributed by atoms with Crippen LogP contribution in [0, 0.1) is 6.92 Å². The Kier molecular flexibility index (Phi) is 3.57. The van der Waals surface area contributed by atoms with Crippen LogP contribution in [0.1, 0.15) is 28.8 Å². The Labute approximate surface area is 114 Å². The first-order chi connectivity index (χ1) is 8.91. The fraction of sp³-hybridized carbons (Fsp3) is 0.308. The zero-order valence-electron chi connectivity index (χ0n) is 10.3. The molecule has 0 fully saturated rings. The number of aliphatic carboxylic acids is 1. The number of halogens is 1. The Morgan fingerprint density at radius 3 is 2.68 bits per heavy atom. The molecule has 0 saturated carbocycles. The van der Waals surface area contributed by atoms with Gasteiger partial charge in [0.05, 0.1) is 11.3 Å². The lowest BCUT2D eigenvalue weighted by Crippen LogP contribution is -2.31. The lowest BCUT2D eigenvalue weighted by molar-refractivity contribution is -0.137. The number of amides is 1. The third-order valence-corrected chi connectivity index (χ3v) is 3.21. The summed E-state index contributed by atoms with van der Waals surface area (Å²) in [6, 6.07) is 3.15. The van der Waals surface area contributed by atoms with Crippen molar-refractivity contribution in [3.63, 3.8) is 0 Å². The summed E-state index contributed by atoms with van der Waals surface area (Å²) in [5.41, 5.74) is 1.58. The van der Waals surface area contributed by atoms with Crippen molar-refractivity contribution in [2.45, 2.75) is 19.8 Å². The van der Waals surface area contributed by atoms with Gasteiger partial charge in [-0.1, -0.05) is 11.6 Å². The maximum absolute atomic E-state index is 11.9. The molecule has 0 saturated heterocycles. The molecule has 1 amide bonds. The number of fused-ring (bicyclic) bond motifs is 1. The average molecular weight is 282 g/mol. The van der Waals surface area contributed by atoms with Crippen LogP contribution in [0.15, 0.2) is 12.1 Å². The Bertz CT molecular complexity index is 582. The highest BCUT2D eigenvalue weighted by molar-refractivity contribution is 6.52.